The summed E-state index contributed by atoms with van der Waals surface area (Å²) in [6.07, 6.45) is 5.02. The Bertz CT molecular complexity index is 536. The summed E-state index contributed by atoms with van der Waals surface area (Å²) in [5.41, 5.74) is 0.758. The maximum absolute atomic E-state index is 13.0. The number of hydrogen-bond donors (Lipinski definition) is 1. The molecular formula is C17H22FNO2S. The first-order valence-electron chi connectivity index (χ1n) is 7.84. The predicted octanol–water partition coefficient (Wildman–Crippen LogP) is 2.99. The number of benzene rings is 1. The van der Waals surface area contributed by atoms with Gasteiger partial charge in [-0.2, -0.15) is 0 Å². The summed E-state index contributed by atoms with van der Waals surface area (Å²) in [6.45, 7) is 1.42. The van der Waals surface area contributed by atoms with Crippen molar-refractivity contribution in [1.29, 1.82) is 0 Å². The number of nitrogens with zero attached hydrogens (tertiary/aromatic N) is 1. The van der Waals surface area contributed by atoms with Crippen molar-refractivity contribution in [3.05, 3.63) is 35.6 Å². The summed E-state index contributed by atoms with van der Waals surface area (Å²) in [6, 6.07) is 6.05. The van der Waals surface area contributed by atoms with Crippen LogP contribution < -0.4 is 0 Å². The lowest BCUT2D eigenvalue weighted by atomic mass is 9.87. The smallest absolute Gasteiger partial charge is 0.238 e. The molecule has 2 aliphatic rings. The van der Waals surface area contributed by atoms with Crippen LogP contribution in [0, 0.1) is 11.7 Å². The number of aliphatic hydroxyl groups excluding tert-OH is 1. The van der Waals surface area contributed by atoms with Gasteiger partial charge in [-0.1, -0.05) is 12.1 Å². The highest BCUT2D eigenvalue weighted by molar-refractivity contribution is 8.01. The first kappa shape index (κ1) is 15.8. The molecular weight excluding hydrogens is 301 g/mol. The number of carbonyl (C=O) groups is 1. The van der Waals surface area contributed by atoms with E-state index in [1.807, 2.05) is 11.2 Å². The highest BCUT2D eigenvalue weighted by atomic mass is 32.2. The molecule has 1 amide bonds. The van der Waals surface area contributed by atoms with Gasteiger partial charge in [0.05, 0.1) is 10.9 Å². The van der Waals surface area contributed by atoms with E-state index in [-0.39, 0.29) is 22.4 Å². The summed E-state index contributed by atoms with van der Waals surface area (Å²) in [4.78, 5) is 14.5. The number of thioether (sulfide) groups is 1. The molecule has 0 bridgehead atoms. The van der Waals surface area contributed by atoms with E-state index in [0.29, 0.717) is 13.1 Å². The van der Waals surface area contributed by atoms with E-state index >= 15 is 0 Å². The molecule has 0 aromatic heterocycles. The van der Waals surface area contributed by atoms with Crippen molar-refractivity contribution in [3.63, 3.8) is 0 Å². The molecule has 22 heavy (non-hydrogen) atoms. The zero-order chi connectivity index (χ0) is 15.7. The molecule has 0 unspecified atom stereocenters. The number of amides is 1. The maximum atomic E-state index is 13.0. The second kappa shape index (κ2) is 6.20. The molecule has 1 heterocycles. The Labute approximate surface area is 134 Å². The van der Waals surface area contributed by atoms with E-state index in [2.05, 4.69) is 0 Å². The van der Waals surface area contributed by atoms with E-state index in [1.165, 1.54) is 12.1 Å². The third-order valence-electron chi connectivity index (χ3n) is 4.97. The summed E-state index contributed by atoms with van der Waals surface area (Å²) in [5, 5.41) is 10.4. The van der Waals surface area contributed by atoms with Crippen molar-refractivity contribution >= 4 is 17.7 Å². The van der Waals surface area contributed by atoms with Crippen molar-refractivity contribution in [2.24, 2.45) is 5.92 Å². The first-order valence-corrected chi connectivity index (χ1v) is 9.06. The van der Waals surface area contributed by atoms with Crippen molar-refractivity contribution in [1.82, 2.24) is 4.90 Å². The lowest BCUT2D eigenvalue weighted by Gasteiger charge is -2.36. The fourth-order valence-electron chi connectivity index (χ4n) is 3.26. The average Bonchev–Trinajstić information content (AvgIpc) is 3.36. The first-order chi connectivity index (χ1) is 10.6. The Morgan fingerprint density at radius 2 is 1.91 bits per heavy atom. The van der Waals surface area contributed by atoms with Crippen molar-refractivity contribution in [2.45, 2.75) is 36.5 Å². The fraction of sp³-hybridized carbons (Fsp3) is 0.588. The molecule has 3 nitrogen and oxygen atoms in total. The van der Waals surface area contributed by atoms with E-state index in [4.69, 9.17) is 0 Å². The minimum atomic E-state index is -0.576. The zero-order valence-electron chi connectivity index (χ0n) is 12.8. The Hall–Kier alpha value is -1.07. The van der Waals surface area contributed by atoms with Gasteiger partial charge in [-0.15, -0.1) is 11.8 Å². The van der Waals surface area contributed by atoms with Crippen LogP contribution in [0.5, 0.6) is 0 Å². The summed E-state index contributed by atoms with van der Waals surface area (Å²) >= 11 is 1.67. The Morgan fingerprint density at radius 3 is 2.41 bits per heavy atom. The SMILES string of the molecule is CSC1(C(=O)N2CCC([C@@H](O)c3ccc(F)cc3)CC2)CC1. The van der Waals surface area contributed by atoms with Gasteiger partial charge in [-0.05, 0) is 55.6 Å². The topological polar surface area (TPSA) is 40.5 Å². The molecule has 1 aromatic carbocycles. The Morgan fingerprint density at radius 1 is 1.32 bits per heavy atom. The number of piperidine rings is 1. The summed E-state index contributed by atoms with van der Waals surface area (Å²) in [5.74, 6) is 0.122. The molecule has 1 aliphatic carbocycles. The van der Waals surface area contributed by atoms with Gasteiger partial charge < -0.3 is 10.0 Å². The molecule has 2 fully saturated rings. The molecule has 1 aliphatic heterocycles. The summed E-state index contributed by atoms with van der Waals surface area (Å²) < 4.78 is 12.8. The van der Waals surface area contributed by atoms with Gasteiger partial charge in [0, 0.05) is 13.1 Å². The standard InChI is InChI=1S/C17H22FNO2S/c1-22-17(8-9-17)16(21)19-10-6-13(7-11-19)15(20)12-2-4-14(18)5-3-12/h2-5,13,15,20H,6-11H2,1H3/t15-/m0/s1. The number of halogens is 1. The predicted molar refractivity (Wildman–Crippen MR) is 86.1 cm³/mol. The minimum Gasteiger partial charge on any atom is -0.388 e. The monoisotopic (exact) mass is 323 g/mol. The summed E-state index contributed by atoms with van der Waals surface area (Å²) in [7, 11) is 0. The largest absolute Gasteiger partial charge is 0.388 e. The maximum Gasteiger partial charge on any atom is 0.238 e. The molecule has 3 rings (SSSR count). The molecule has 1 saturated carbocycles. The van der Waals surface area contributed by atoms with Crippen LogP contribution in [0.4, 0.5) is 4.39 Å². The van der Waals surface area contributed by atoms with Crippen LogP contribution in [-0.4, -0.2) is 40.0 Å². The molecule has 0 spiro atoms. The van der Waals surface area contributed by atoms with Gasteiger partial charge in [-0.25, -0.2) is 4.39 Å². The normalized spacial score (nSPS) is 22.4. The molecule has 120 valence electrons. The number of rotatable bonds is 4. The molecule has 5 heteroatoms. The fourth-order valence-corrected chi connectivity index (χ4v) is 4.07. The van der Waals surface area contributed by atoms with E-state index in [1.54, 1.807) is 23.9 Å². The number of hydrogen-bond acceptors (Lipinski definition) is 3. The number of carbonyl (C=O) groups excluding carboxylic acids is 1. The quantitative estimate of drug-likeness (QED) is 0.926. The van der Waals surface area contributed by atoms with Crippen LogP contribution in [0.15, 0.2) is 24.3 Å². The van der Waals surface area contributed by atoms with Gasteiger partial charge >= 0.3 is 0 Å². The highest BCUT2D eigenvalue weighted by Crippen LogP contribution is 2.49. The second-order valence-electron chi connectivity index (χ2n) is 6.32. The number of aliphatic hydroxyl groups is 1. The second-order valence-corrected chi connectivity index (χ2v) is 7.51. The average molecular weight is 323 g/mol. The molecule has 1 aromatic rings. The van der Waals surface area contributed by atoms with Gasteiger partial charge in [0.25, 0.3) is 0 Å². The highest BCUT2D eigenvalue weighted by Gasteiger charge is 2.51. The molecule has 0 radical (unpaired) electrons. The lowest BCUT2D eigenvalue weighted by molar-refractivity contribution is -0.133. The van der Waals surface area contributed by atoms with E-state index in [0.717, 1.165) is 31.2 Å². The molecule has 1 saturated heterocycles. The van der Waals surface area contributed by atoms with E-state index < -0.39 is 6.10 Å². The van der Waals surface area contributed by atoms with Crippen LogP contribution in [0.3, 0.4) is 0 Å². The molecule has 1 N–H and O–H groups in total. The van der Waals surface area contributed by atoms with Crippen molar-refractivity contribution in [2.75, 3.05) is 19.3 Å². The zero-order valence-corrected chi connectivity index (χ0v) is 13.6. The van der Waals surface area contributed by atoms with Gasteiger partial charge in [0.2, 0.25) is 5.91 Å². The van der Waals surface area contributed by atoms with Crippen LogP contribution in [0.25, 0.3) is 0 Å². The van der Waals surface area contributed by atoms with Gasteiger partial charge in [0.15, 0.2) is 0 Å². The third-order valence-corrected chi connectivity index (χ3v) is 6.33. The van der Waals surface area contributed by atoms with Crippen LogP contribution in [-0.2, 0) is 4.79 Å². The van der Waals surface area contributed by atoms with Crippen LogP contribution >= 0.6 is 11.8 Å². The van der Waals surface area contributed by atoms with Crippen LogP contribution in [0.1, 0.15) is 37.4 Å². The molecule has 1 atom stereocenters. The van der Waals surface area contributed by atoms with Crippen molar-refractivity contribution < 1.29 is 14.3 Å². The minimum absolute atomic E-state index is 0.138. The Kier molecular flexibility index (Phi) is 4.46. The van der Waals surface area contributed by atoms with Crippen LogP contribution in [0.2, 0.25) is 0 Å². The van der Waals surface area contributed by atoms with Gasteiger partial charge in [-0.3, -0.25) is 4.79 Å². The lowest BCUT2D eigenvalue weighted by Crippen LogP contribution is -2.44. The number of likely N-dealkylation sites (tertiary alicyclic amines) is 1. The third kappa shape index (κ3) is 3.01. The Balaban J connectivity index is 1.57. The van der Waals surface area contributed by atoms with Gasteiger partial charge in [0.1, 0.15) is 5.82 Å². The van der Waals surface area contributed by atoms with E-state index in [9.17, 15) is 14.3 Å². The van der Waals surface area contributed by atoms with Crippen molar-refractivity contribution in [3.8, 4) is 0 Å².